The summed E-state index contributed by atoms with van der Waals surface area (Å²) in [7, 11) is 0. The molecule has 0 heterocycles. The molecular formula is C18H25FN2O2. The summed E-state index contributed by atoms with van der Waals surface area (Å²) in [5.74, 6) is 0.378. The fraction of sp³-hybridized carbons (Fsp3) is 0.611. The molecule has 0 aliphatic heterocycles. The Labute approximate surface area is 136 Å². The van der Waals surface area contributed by atoms with Crippen molar-refractivity contribution in [3.8, 4) is 0 Å². The molecule has 0 radical (unpaired) electrons. The highest BCUT2D eigenvalue weighted by atomic mass is 19.1. The maximum absolute atomic E-state index is 13.0. The Balaban J connectivity index is 1.49. The molecule has 2 N–H and O–H groups in total. The van der Waals surface area contributed by atoms with Crippen LogP contribution in [-0.4, -0.2) is 41.6 Å². The van der Waals surface area contributed by atoms with Crippen LogP contribution < -0.4 is 5.32 Å². The Hall–Kier alpha value is -1.46. The molecule has 1 aromatic carbocycles. The second-order valence-electron chi connectivity index (χ2n) is 6.83. The third-order valence-corrected chi connectivity index (χ3v) is 4.88. The summed E-state index contributed by atoms with van der Waals surface area (Å²) in [6.07, 6.45) is 5.17. The molecule has 5 heteroatoms. The molecule has 1 atom stereocenters. The number of aliphatic hydroxyl groups excluding tert-OH is 1. The molecule has 0 bridgehead atoms. The van der Waals surface area contributed by atoms with Gasteiger partial charge in [-0.25, -0.2) is 4.39 Å². The summed E-state index contributed by atoms with van der Waals surface area (Å²) in [5, 5.41) is 13.3. The van der Waals surface area contributed by atoms with E-state index in [1.165, 1.54) is 31.4 Å². The first kappa shape index (κ1) is 16.4. The number of carbonyl (C=O) groups is 1. The van der Waals surface area contributed by atoms with Gasteiger partial charge >= 0.3 is 0 Å². The summed E-state index contributed by atoms with van der Waals surface area (Å²) in [6.45, 7) is 1.51. The molecule has 2 aliphatic rings. The van der Waals surface area contributed by atoms with E-state index in [4.69, 9.17) is 0 Å². The minimum atomic E-state index is -0.698. The second-order valence-corrected chi connectivity index (χ2v) is 6.83. The van der Waals surface area contributed by atoms with Crippen LogP contribution in [0.4, 0.5) is 4.39 Å². The van der Waals surface area contributed by atoms with Crippen molar-refractivity contribution < 1.29 is 14.3 Å². The summed E-state index contributed by atoms with van der Waals surface area (Å²) >= 11 is 0. The summed E-state index contributed by atoms with van der Waals surface area (Å²) in [4.78, 5) is 14.2. The lowest BCUT2D eigenvalue weighted by Crippen LogP contribution is -2.42. The van der Waals surface area contributed by atoms with E-state index in [0.29, 0.717) is 30.6 Å². The van der Waals surface area contributed by atoms with E-state index >= 15 is 0 Å². The van der Waals surface area contributed by atoms with Gasteiger partial charge in [0.15, 0.2) is 0 Å². The fourth-order valence-electron chi connectivity index (χ4n) is 2.99. The largest absolute Gasteiger partial charge is 0.387 e. The van der Waals surface area contributed by atoms with E-state index < -0.39 is 6.10 Å². The number of nitrogens with zero attached hydrogens (tertiary/aromatic N) is 1. The zero-order chi connectivity index (χ0) is 16.2. The second kappa shape index (κ2) is 7.41. The summed E-state index contributed by atoms with van der Waals surface area (Å²) < 4.78 is 13.0. The lowest BCUT2D eigenvalue weighted by atomic mass is 9.85. The van der Waals surface area contributed by atoms with Crippen LogP contribution in [0.2, 0.25) is 0 Å². The van der Waals surface area contributed by atoms with Gasteiger partial charge in [-0.2, -0.15) is 0 Å². The van der Waals surface area contributed by atoms with Gasteiger partial charge in [0.1, 0.15) is 5.82 Å². The number of aliphatic hydroxyl groups is 1. The van der Waals surface area contributed by atoms with Crippen molar-refractivity contribution in [2.75, 3.05) is 19.6 Å². The number of carbonyl (C=O) groups excluding carboxylic acids is 1. The number of benzene rings is 1. The summed E-state index contributed by atoms with van der Waals surface area (Å²) in [5.41, 5.74) is 0.687. The normalized spacial score (nSPS) is 19.4. The van der Waals surface area contributed by atoms with Gasteiger partial charge in [0, 0.05) is 19.1 Å². The molecule has 1 amide bonds. The first-order valence-corrected chi connectivity index (χ1v) is 8.56. The van der Waals surface area contributed by atoms with E-state index in [-0.39, 0.29) is 11.7 Å². The van der Waals surface area contributed by atoms with Gasteiger partial charge in [-0.1, -0.05) is 18.6 Å². The maximum atomic E-state index is 13.0. The molecule has 0 spiro atoms. The van der Waals surface area contributed by atoms with Crippen LogP contribution in [0.3, 0.4) is 0 Å². The lowest BCUT2D eigenvalue weighted by molar-refractivity contribution is -0.123. The number of hydrogen-bond donors (Lipinski definition) is 2. The molecular weight excluding hydrogens is 295 g/mol. The zero-order valence-electron chi connectivity index (χ0n) is 13.4. The Morgan fingerprint density at radius 2 is 1.96 bits per heavy atom. The fourth-order valence-corrected chi connectivity index (χ4v) is 2.99. The Morgan fingerprint density at radius 1 is 1.26 bits per heavy atom. The number of rotatable bonds is 8. The van der Waals surface area contributed by atoms with Crippen LogP contribution >= 0.6 is 0 Å². The first-order valence-electron chi connectivity index (χ1n) is 8.56. The van der Waals surface area contributed by atoms with E-state index in [1.807, 2.05) is 4.90 Å². The topological polar surface area (TPSA) is 52.6 Å². The molecule has 1 aromatic rings. The van der Waals surface area contributed by atoms with Gasteiger partial charge in [0.2, 0.25) is 5.91 Å². The van der Waals surface area contributed by atoms with Crippen molar-refractivity contribution in [2.24, 2.45) is 5.92 Å². The molecule has 4 nitrogen and oxygen atoms in total. The Kier molecular flexibility index (Phi) is 5.28. The highest BCUT2D eigenvalue weighted by molar-refractivity contribution is 5.78. The molecule has 126 valence electrons. The van der Waals surface area contributed by atoms with Gasteiger partial charge in [-0.15, -0.1) is 0 Å². The van der Waals surface area contributed by atoms with E-state index in [9.17, 15) is 14.3 Å². The molecule has 0 aromatic heterocycles. The average Bonchev–Trinajstić information content (AvgIpc) is 3.30. The van der Waals surface area contributed by atoms with Crippen molar-refractivity contribution in [3.05, 3.63) is 35.6 Å². The molecule has 3 rings (SSSR count). The smallest absolute Gasteiger partial charge is 0.234 e. The van der Waals surface area contributed by atoms with E-state index in [1.54, 1.807) is 12.1 Å². The summed E-state index contributed by atoms with van der Waals surface area (Å²) in [6, 6.07) is 6.29. The van der Waals surface area contributed by atoms with Crippen molar-refractivity contribution in [1.29, 1.82) is 0 Å². The predicted molar refractivity (Wildman–Crippen MR) is 86.3 cm³/mol. The van der Waals surface area contributed by atoms with Crippen LogP contribution in [0.5, 0.6) is 0 Å². The number of halogens is 1. The zero-order valence-corrected chi connectivity index (χ0v) is 13.4. The van der Waals surface area contributed by atoms with Crippen molar-refractivity contribution in [3.63, 3.8) is 0 Å². The van der Waals surface area contributed by atoms with Gasteiger partial charge in [-0.3, -0.25) is 9.69 Å². The molecule has 23 heavy (non-hydrogen) atoms. The lowest BCUT2D eigenvalue weighted by Gasteiger charge is -2.27. The first-order chi connectivity index (χ1) is 11.1. The van der Waals surface area contributed by atoms with Crippen LogP contribution in [0, 0.1) is 11.7 Å². The van der Waals surface area contributed by atoms with Crippen LogP contribution in [0.1, 0.15) is 43.8 Å². The van der Waals surface area contributed by atoms with Crippen LogP contribution in [-0.2, 0) is 4.79 Å². The van der Waals surface area contributed by atoms with Crippen LogP contribution in [0.15, 0.2) is 24.3 Å². The van der Waals surface area contributed by atoms with Gasteiger partial charge in [0.05, 0.1) is 12.6 Å². The monoisotopic (exact) mass is 320 g/mol. The number of nitrogens with one attached hydrogen (secondary N) is 1. The van der Waals surface area contributed by atoms with Crippen molar-refractivity contribution in [2.45, 2.75) is 44.2 Å². The van der Waals surface area contributed by atoms with E-state index in [2.05, 4.69) is 5.32 Å². The Morgan fingerprint density at radius 3 is 2.52 bits per heavy atom. The average molecular weight is 320 g/mol. The van der Waals surface area contributed by atoms with Gasteiger partial charge < -0.3 is 10.4 Å². The van der Waals surface area contributed by atoms with Gasteiger partial charge in [-0.05, 0) is 49.3 Å². The van der Waals surface area contributed by atoms with E-state index in [0.717, 1.165) is 19.4 Å². The van der Waals surface area contributed by atoms with Crippen molar-refractivity contribution in [1.82, 2.24) is 10.2 Å². The quantitative estimate of drug-likeness (QED) is 0.772. The van der Waals surface area contributed by atoms with Crippen molar-refractivity contribution >= 4 is 5.91 Å². The highest BCUT2D eigenvalue weighted by Crippen LogP contribution is 2.29. The molecule has 1 unspecified atom stereocenters. The number of hydrogen-bond acceptors (Lipinski definition) is 3. The van der Waals surface area contributed by atoms with Gasteiger partial charge in [0.25, 0.3) is 0 Å². The highest BCUT2D eigenvalue weighted by Gasteiger charge is 2.32. The minimum absolute atomic E-state index is 0.0371. The molecule has 2 fully saturated rings. The minimum Gasteiger partial charge on any atom is -0.387 e. The third-order valence-electron chi connectivity index (χ3n) is 4.88. The maximum Gasteiger partial charge on any atom is 0.234 e. The molecule has 2 aliphatic carbocycles. The standard InChI is InChI=1S/C18H25FN2O2/c19-15-6-4-14(5-7-15)17(22)11-21(16-8-9-16)12-18(23)20-10-13-2-1-3-13/h4-7,13,16-17,22H,1-3,8-12H2,(H,20,23). The molecule has 0 saturated heterocycles. The van der Waals surface area contributed by atoms with Crippen LogP contribution in [0.25, 0.3) is 0 Å². The molecule has 2 saturated carbocycles. The number of amides is 1. The third kappa shape index (κ3) is 4.75. The Bertz CT molecular complexity index is 526. The predicted octanol–water partition coefficient (Wildman–Crippen LogP) is 2.24. The SMILES string of the molecule is O=C(CN(CC(O)c1ccc(F)cc1)C1CC1)NCC1CCC1.